The van der Waals surface area contributed by atoms with Gasteiger partial charge in [-0.25, -0.2) is 4.79 Å². The second-order valence-corrected chi connectivity index (χ2v) is 7.12. The minimum Gasteiger partial charge on any atom is -0.478 e. The van der Waals surface area contributed by atoms with Gasteiger partial charge in [-0.2, -0.15) is 0 Å². The summed E-state index contributed by atoms with van der Waals surface area (Å²) >= 11 is 5.86. The third kappa shape index (κ3) is 5.24. The molecule has 0 heterocycles. The molecule has 2 amide bonds. The van der Waals surface area contributed by atoms with Crippen molar-refractivity contribution in [1.82, 2.24) is 0 Å². The molecule has 3 aromatic carbocycles. The van der Waals surface area contributed by atoms with E-state index in [0.29, 0.717) is 16.3 Å². The first-order valence-corrected chi connectivity index (χ1v) is 9.50. The number of carbonyl (C=O) groups is 3. The molecule has 0 fully saturated rings. The minimum absolute atomic E-state index is 0.00514. The lowest BCUT2D eigenvalue weighted by atomic mass is 10.1. The smallest absolute Gasteiger partial charge is 0.337 e. The van der Waals surface area contributed by atoms with Gasteiger partial charge in [0.05, 0.1) is 17.7 Å². The fourth-order valence-electron chi connectivity index (χ4n) is 2.85. The van der Waals surface area contributed by atoms with Crippen molar-refractivity contribution in [1.29, 1.82) is 0 Å². The Labute approximate surface area is 178 Å². The lowest BCUT2D eigenvalue weighted by Gasteiger charge is -2.12. The number of rotatable bonds is 6. The number of hydrogen-bond acceptors (Lipinski definition) is 3. The van der Waals surface area contributed by atoms with Crippen molar-refractivity contribution in [2.75, 3.05) is 10.6 Å². The third-order valence-corrected chi connectivity index (χ3v) is 4.71. The summed E-state index contributed by atoms with van der Waals surface area (Å²) in [6.07, 6.45) is 0.166. The van der Waals surface area contributed by atoms with Crippen LogP contribution in [0.5, 0.6) is 0 Å². The Morgan fingerprint density at radius 1 is 0.900 bits per heavy atom. The van der Waals surface area contributed by atoms with Crippen molar-refractivity contribution in [3.63, 3.8) is 0 Å². The Bertz CT molecular complexity index is 1110. The van der Waals surface area contributed by atoms with E-state index in [-0.39, 0.29) is 23.6 Å². The monoisotopic (exact) mass is 422 g/mol. The molecule has 0 aromatic heterocycles. The lowest BCUT2D eigenvalue weighted by molar-refractivity contribution is -0.115. The molecule has 3 N–H and O–H groups in total. The van der Waals surface area contributed by atoms with Crippen molar-refractivity contribution < 1.29 is 19.5 Å². The molecule has 0 atom stereocenters. The summed E-state index contributed by atoms with van der Waals surface area (Å²) in [6.45, 7) is 1.82. The topological polar surface area (TPSA) is 95.5 Å². The first-order valence-electron chi connectivity index (χ1n) is 9.12. The second-order valence-electron chi connectivity index (χ2n) is 6.69. The highest BCUT2D eigenvalue weighted by Gasteiger charge is 2.15. The largest absolute Gasteiger partial charge is 0.478 e. The van der Waals surface area contributed by atoms with Crippen molar-refractivity contribution in [3.05, 3.63) is 94.0 Å². The van der Waals surface area contributed by atoms with E-state index in [1.54, 1.807) is 54.6 Å². The van der Waals surface area contributed by atoms with E-state index < -0.39 is 11.9 Å². The van der Waals surface area contributed by atoms with Gasteiger partial charge in [-0.15, -0.1) is 0 Å². The van der Waals surface area contributed by atoms with Gasteiger partial charge in [0.25, 0.3) is 5.91 Å². The molecule has 3 rings (SSSR count). The molecule has 30 heavy (non-hydrogen) atoms. The molecular formula is C23H19ClN2O4. The Morgan fingerprint density at radius 2 is 1.60 bits per heavy atom. The van der Waals surface area contributed by atoms with Crippen molar-refractivity contribution >= 4 is 40.8 Å². The van der Waals surface area contributed by atoms with Gasteiger partial charge in [0.1, 0.15) is 0 Å². The summed E-state index contributed by atoms with van der Waals surface area (Å²) in [4.78, 5) is 36.4. The molecule has 7 heteroatoms. The zero-order valence-electron chi connectivity index (χ0n) is 16.1. The van der Waals surface area contributed by atoms with Gasteiger partial charge in [0.15, 0.2) is 0 Å². The number of amides is 2. The molecule has 0 aliphatic carbocycles. The first-order chi connectivity index (χ1) is 14.3. The van der Waals surface area contributed by atoms with Crippen LogP contribution in [0.2, 0.25) is 5.02 Å². The standard InChI is InChI=1S/C23H19ClN2O4/c1-14-6-9-16(22(28)26-19-5-3-2-4-18(19)23(29)30)13-20(14)25-21(27)12-15-7-10-17(24)11-8-15/h2-11,13H,12H2,1H3,(H,25,27)(H,26,28)(H,29,30). The van der Waals surface area contributed by atoms with E-state index in [1.807, 2.05) is 6.92 Å². The van der Waals surface area contributed by atoms with Crippen LogP contribution in [-0.4, -0.2) is 22.9 Å². The molecule has 0 aliphatic rings. The molecular weight excluding hydrogens is 404 g/mol. The zero-order valence-corrected chi connectivity index (χ0v) is 16.9. The maximum absolute atomic E-state index is 12.6. The van der Waals surface area contributed by atoms with Crippen LogP contribution >= 0.6 is 11.6 Å². The van der Waals surface area contributed by atoms with Gasteiger partial charge in [-0.1, -0.05) is 41.9 Å². The van der Waals surface area contributed by atoms with Gasteiger partial charge in [0, 0.05) is 16.3 Å². The average Bonchev–Trinajstić information content (AvgIpc) is 2.71. The summed E-state index contributed by atoms with van der Waals surface area (Å²) in [5.41, 5.74) is 2.60. The average molecular weight is 423 g/mol. The highest BCUT2D eigenvalue weighted by molar-refractivity contribution is 6.30. The Kier molecular flexibility index (Phi) is 6.49. The van der Waals surface area contributed by atoms with Gasteiger partial charge < -0.3 is 15.7 Å². The van der Waals surface area contributed by atoms with Crippen LogP contribution in [0.3, 0.4) is 0 Å². The molecule has 0 spiro atoms. The number of carbonyl (C=O) groups excluding carboxylic acids is 2. The predicted octanol–water partition coefficient (Wildman–Crippen LogP) is 4.78. The van der Waals surface area contributed by atoms with Crippen LogP contribution in [0.1, 0.15) is 31.8 Å². The quantitative estimate of drug-likeness (QED) is 0.532. The van der Waals surface area contributed by atoms with Crippen LogP contribution < -0.4 is 10.6 Å². The van der Waals surface area contributed by atoms with Crippen molar-refractivity contribution in [2.45, 2.75) is 13.3 Å². The van der Waals surface area contributed by atoms with Gasteiger partial charge >= 0.3 is 5.97 Å². The number of carboxylic acids is 1. The Morgan fingerprint density at radius 3 is 2.30 bits per heavy atom. The number of carboxylic acid groups (broad SMARTS) is 1. The Balaban J connectivity index is 1.74. The van der Waals surface area contributed by atoms with E-state index in [9.17, 15) is 19.5 Å². The molecule has 3 aromatic rings. The van der Waals surface area contributed by atoms with Crippen LogP contribution in [-0.2, 0) is 11.2 Å². The van der Waals surface area contributed by atoms with Crippen molar-refractivity contribution in [2.24, 2.45) is 0 Å². The zero-order chi connectivity index (χ0) is 21.7. The number of benzene rings is 3. The molecule has 0 aliphatic heterocycles. The normalized spacial score (nSPS) is 10.3. The predicted molar refractivity (Wildman–Crippen MR) is 116 cm³/mol. The summed E-state index contributed by atoms with van der Waals surface area (Å²) in [5, 5.41) is 15.3. The highest BCUT2D eigenvalue weighted by atomic mass is 35.5. The fourth-order valence-corrected chi connectivity index (χ4v) is 2.98. The third-order valence-electron chi connectivity index (χ3n) is 4.46. The van der Waals surface area contributed by atoms with Crippen LogP contribution in [0.25, 0.3) is 0 Å². The number of aromatic carboxylic acids is 1. The van der Waals surface area contributed by atoms with Crippen molar-refractivity contribution in [3.8, 4) is 0 Å². The summed E-state index contributed by atoms with van der Waals surface area (Å²) in [6, 6.07) is 18.0. The molecule has 0 saturated carbocycles. The van der Waals surface area contributed by atoms with Crippen LogP contribution in [0.4, 0.5) is 11.4 Å². The van der Waals surface area contributed by atoms with E-state index in [1.165, 1.54) is 12.1 Å². The first kappa shape index (κ1) is 21.1. The maximum atomic E-state index is 12.6. The van der Waals surface area contributed by atoms with Gasteiger partial charge in [-0.05, 0) is 54.4 Å². The molecule has 6 nitrogen and oxygen atoms in total. The highest BCUT2D eigenvalue weighted by Crippen LogP contribution is 2.20. The molecule has 0 unspecified atom stereocenters. The Hall–Kier alpha value is -3.64. The van der Waals surface area contributed by atoms with Crippen LogP contribution in [0.15, 0.2) is 66.7 Å². The number of halogens is 1. The lowest BCUT2D eigenvalue weighted by Crippen LogP contribution is -2.17. The number of aryl methyl sites for hydroxylation is 1. The van der Waals surface area contributed by atoms with Crippen LogP contribution in [0, 0.1) is 6.92 Å². The number of nitrogens with one attached hydrogen (secondary N) is 2. The second kappa shape index (κ2) is 9.24. The number of hydrogen-bond donors (Lipinski definition) is 3. The van der Waals surface area contributed by atoms with E-state index >= 15 is 0 Å². The van der Waals surface area contributed by atoms with E-state index in [0.717, 1.165) is 11.1 Å². The van der Waals surface area contributed by atoms with E-state index in [4.69, 9.17) is 11.6 Å². The summed E-state index contributed by atoms with van der Waals surface area (Å²) in [7, 11) is 0. The molecule has 152 valence electrons. The SMILES string of the molecule is Cc1ccc(C(=O)Nc2ccccc2C(=O)O)cc1NC(=O)Cc1ccc(Cl)cc1. The van der Waals surface area contributed by atoms with E-state index in [2.05, 4.69) is 10.6 Å². The molecule has 0 bridgehead atoms. The van der Waals surface area contributed by atoms with Gasteiger partial charge in [0.2, 0.25) is 5.91 Å². The summed E-state index contributed by atoms with van der Waals surface area (Å²) < 4.78 is 0. The molecule has 0 saturated heterocycles. The minimum atomic E-state index is -1.13. The molecule has 0 radical (unpaired) electrons. The maximum Gasteiger partial charge on any atom is 0.337 e. The summed E-state index contributed by atoms with van der Waals surface area (Å²) in [5.74, 6) is -1.84. The van der Waals surface area contributed by atoms with Gasteiger partial charge in [-0.3, -0.25) is 9.59 Å². The number of anilines is 2. The fraction of sp³-hybridized carbons (Fsp3) is 0.0870. The number of para-hydroxylation sites is 1.